The first-order valence-corrected chi connectivity index (χ1v) is 6.98. The lowest BCUT2D eigenvalue weighted by atomic mass is 10.3. The van der Waals surface area contributed by atoms with Crippen LogP contribution in [-0.4, -0.2) is 34.3 Å². The predicted octanol–water partition coefficient (Wildman–Crippen LogP) is 1.47. The smallest absolute Gasteiger partial charge is 0.341 e. The lowest BCUT2D eigenvalue weighted by molar-refractivity contribution is 0.235. The highest BCUT2D eigenvalue weighted by molar-refractivity contribution is 7.91. The number of para-hydroxylation sites is 1. The molecule has 0 aliphatic carbocycles. The number of alkyl halides is 2. The maximum absolute atomic E-state index is 12.6. The first-order chi connectivity index (χ1) is 8.41. The highest BCUT2D eigenvalue weighted by Gasteiger charge is 2.29. The maximum atomic E-state index is 12.6. The third kappa shape index (κ3) is 3.17. The Bertz CT molecular complexity index is 492. The maximum Gasteiger partial charge on any atom is 0.341 e. The molecule has 0 atom stereocenters. The number of hydrogen-bond acceptors (Lipinski definition) is 4. The van der Waals surface area contributed by atoms with Crippen molar-refractivity contribution < 1.29 is 17.2 Å². The quantitative estimate of drug-likeness (QED) is 0.856. The van der Waals surface area contributed by atoms with Crippen molar-refractivity contribution in [1.29, 1.82) is 0 Å². The molecule has 2 N–H and O–H groups in total. The fourth-order valence-electron chi connectivity index (χ4n) is 1.56. The van der Waals surface area contributed by atoms with Crippen molar-refractivity contribution in [2.24, 2.45) is 5.73 Å². The minimum Gasteiger partial charge on any atom is -0.373 e. The van der Waals surface area contributed by atoms with Crippen LogP contribution < -0.4 is 10.6 Å². The summed E-state index contributed by atoms with van der Waals surface area (Å²) in [7, 11) is -2.94. The second kappa shape index (κ2) is 6.10. The van der Waals surface area contributed by atoms with E-state index in [2.05, 4.69) is 0 Å². The van der Waals surface area contributed by atoms with Gasteiger partial charge in [0, 0.05) is 13.6 Å². The van der Waals surface area contributed by atoms with E-state index >= 15 is 0 Å². The molecule has 0 unspecified atom stereocenters. The molecule has 0 radical (unpaired) electrons. The normalized spacial score (nSPS) is 11.8. The Morgan fingerprint density at radius 2 is 1.94 bits per heavy atom. The van der Waals surface area contributed by atoms with Gasteiger partial charge in [-0.2, -0.15) is 8.78 Å². The van der Waals surface area contributed by atoms with Crippen LogP contribution in [0, 0.1) is 0 Å². The van der Waals surface area contributed by atoms with Gasteiger partial charge in [-0.1, -0.05) is 12.1 Å². The largest absolute Gasteiger partial charge is 0.373 e. The number of nitrogens with zero attached hydrogens (tertiary/aromatic N) is 1. The molecule has 0 aromatic heterocycles. The molecule has 0 aliphatic heterocycles. The molecule has 0 saturated heterocycles. The summed E-state index contributed by atoms with van der Waals surface area (Å²) < 4.78 is 48.2. The number of rotatable bonds is 6. The number of hydrogen-bond donors (Lipinski definition) is 1. The molecule has 4 nitrogen and oxygen atoms in total. The summed E-state index contributed by atoms with van der Waals surface area (Å²) >= 11 is 0. The van der Waals surface area contributed by atoms with Crippen molar-refractivity contribution >= 4 is 15.5 Å². The summed E-state index contributed by atoms with van der Waals surface area (Å²) in [5.74, 6) is -3.42. The van der Waals surface area contributed by atoms with E-state index in [-0.39, 0.29) is 10.6 Å². The molecule has 0 spiro atoms. The van der Waals surface area contributed by atoms with Gasteiger partial charge >= 0.3 is 5.76 Å². The Morgan fingerprint density at radius 1 is 1.33 bits per heavy atom. The van der Waals surface area contributed by atoms with Crippen LogP contribution in [0.5, 0.6) is 0 Å². The molecule has 0 amide bonds. The SMILES string of the molecule is CN(CCCN)c1ccccc1S(=O)(=O)C(F)F. The van der Waals surface area contributed by atoms with Crippen molar-refractivity contribution in [3.05, 3.63) is 24.3 Å². The van der Waals surface area contributed by atoms with E-state index in [4.69, 9.17) is 5.73 Å². The van der Waals surface area contributed by atoms with Crippen LogP contribution in [0.1, 0.15) is 6.42 Å². The molecule has 102 valence electrons. The summed E-state index contributed by atoms with van der Waals surface area (Å²) in [6, 6.07) is 5.73. The second-order valence-electron chi connectivity index (χ2n) is 3.84. The van der Waals surface area contributed by atoms with E-state index in [9.17, 15) is 17.2 Å². The van der Waals surface area contributed by atoms with Gasteiger partial charge in [-0.15, -0.1) is 0 Å². The second-order valence-corrected chi connectivity index (χ2v) is 5.72. The van der Waals surface area contributed by atoms with E-state index in [1.165, 1.54) is 18.2 Å². The average Bonchev–Trinajstić information content (AvgIpc) is 2.35. The van der Waals surface area contributed by atoms with Crippen LogP contribution in [0.3, 0.4) is 0 Å². The van der Waals surface area contributed by atoms with Crippen LogP contribution in [0.4, 0.5) is 14.5 Å². The van der Waals surface area contributed by atoms with E-state index in [0.29, 0.717) is 19.5 Å². The van der Waals surface area contributed by atoms with E-state index in [1.807, 2.05) is 0 Å². The monoisotopic (exact) mass is 278 g/mol. The molecule has 7 heteroatoms. The summed E-state index contributed by atoms with van der Waals surface area (Å²) in [4.78, 5) is 1.27. The lowest BCUT2D eigenvalue weighted by Crippen LogP contribution is -2.24. The standard InChI is InChI=1S/C11H16F2N2O2S/c1-15(8-4-7-14)9-5-2-3-6-10(9)18(16,17)11(12)13/h2-3,5-6,11H,4,7-8,14H2,1H3. The first-order valence-electron chi connectivity index (χ1n) is 5.43. The van der Waals surface area contributed by atoms with Crippen LogP contribution >= 0.6 is 0 Å². The highest BCUT2D eigenvalue weighted by atomic mass is 32.2. The van der Waals surface area contributed by atoms with E-state index in [1.54, 1.807) is 18.0 Å². The molecular formula is C11H16F2N2O2S. The summed E-state index contributed by atoms with van der Waals surface area (Å²) in [6.07, 6.45) is 0.652. The summed E-state index contributed by atoms with van der Waals surface area (Å²) in [5.41, 5.74) is 5.63. The van der Waals surface area contributed by atoms with Crippen LogP contribution in [0.2, 0.25) is 0 Å². The lowest BCUT2D eigenvalue weighted by Gasteiger charge is -2.21. The van der Waals surface area contributed by atoms with Crippen molar-refractivity contribution in [3.63, 3.8) is 0 Å². The molecule has 1 aromatic rings. The fourth-order valence-corrected chi connectivity index (χ4v) is 2.53. The Labute approximate surface area is 105 Å². The van der Waals surface area contributed by atoms with Gasteiger partial charge in [-0.05, 0) is 25.1 Å². The molecule has 1 aromatic carbocycles. The number of sulfone groups is 1. The van der Waals surface area contributed by atoms with Gasteiger partial charge in [0.2, 0.25) is 9.84 Å². The molecule has 0 fully saturated rings. The van der Waals surface area contributed by atoms with E-state index < -0.39 is 15.6 Å². The van der Waals surface area contributed by atoms with Crippen molar-refractivity contribution in [2.75, 3.05) is 25.0 Å². The molecule has 1 rings (SSSR count). The van der Waals surface area contributed by atoms with E-state index in [0.717, 1.165) is 0 Å². The molecule has 0 aliphatic rings. The number of halogens is 2. The number of benzene rings is 1. The number of nitrogens with two attached hydrogens (primary N) is 1. The van der Waals surface area contributed by atoms with Crippen LogP contribution in [0.25, 0.3) is 0 Å². The average molecular weight is 278 g/mol. The van der Waals surface area contributed by atoms with Crippen molar-refractivity contribution in [3.8, 4) is 0 Å². The zero-order chi connectivity index (χ0) is 13.8. The van der Waals surface area contributed by atoms with Crippen molar-refractivity contribution in [2.45, 2.75) is 17.1 Å². The number of anilines is 1. The van der Waals surface area contributed by atoms with Gasteiger partial charge in [0.15, 0.2) is 0 Å². The third-order valence-corrected chi connectivity index (χ3v) is 3.94. The minimum absolute atomic E-state index is 0.270. The zero-order valence-corrected chi connectivity index (χ0v) is 10.8. The van der Waals surface area contributed by atoms with Gasteiger partial charge in [0.1, 0.15) is 0 Å². The van der Waals surface area contributed by atoms with Crippen LogP contribution in [0.15, 0.2) is 29.2 Å². The Balaban J connectivity index is 3.15. The zero-order valence-electron chi connectivity index (χ0n) is 10.0. The van der Waals surface area contributed by atoms with Crippen molar-refractivity contribution in [1.82, 2.24) is 0 Å². The molecular weight excluding hydrogens is 262 g/mol. The van der Waals surface area contributed by atoms with Crippen LogP contribution in [-0.2, 0) is 9.84 Å². The molecule has 0 saturated carbocycles. The Morgan fingerprint density at radius 3 is 2.50 bits per heavy atom. The van der Waals surface area contributed by atoms with Gasteiger partial charge in [0.25, 0.3) is 0 Å². The highest BCUT2D eigenvalue weighted by Crippen LogP contribution is 2.28. The van der Waals surface area contributed by atoms with Gasteiger partial charge < -0.3 is 10.6 Å². The Kier molecular flexibility index (Phi) is 5.03. The predicted molar refractivity (Wildman–Crippen MR) is 66.6 cm³/mol. The molecule has 0 bridgehead atoms. The third-order valence-electron chi connectivity index (χ3n) is 2.52. The first kappa shape index (κ1) is 14.8. The Hall–Kier alpha value is -1.21. The fraction of sp³-hybridized carbons (Fsp3) is 0.455. The molecule has 18 heavy (non-hydrogen) atoms. The van der Waals surface area contributed by atoms with Gasteiger partial charge in [-0.3, -0.25) is 0 Å². The van der Waals surface area contributed by atoms with Gasteiger partial charge in [0.05, 0.1) is 10.6 Å². The summed E-state index contributed by atoms with van der Waals surface area (Å²) in [5, 5.41) is 0. The minimum atomic E-state index is -4.58. The summed E-state index contributed by atoms with van der Waals surface area (Å²) in [6.45, 7) is 0.959. The van der Waals surface area contributed by atoms with Gasteiger partial charge in [-0.25, -0.2) is 8.42 Å². The topological polar surface area (TPSA) is 63.4 Å². The molecule has 0 heterocycles.